The van der Waals surface area contributed by atoms with Gasteiger partial charge in [-0.05, 0) is 43.0 Å². The van der Waals surface area contributed by atoms with Gasteiger partial charge in [0.05, 0.1) is 0 Å². The number of ether oxygens (including phenoxy) is 1. The monoisotopic (exact) mass is 269 g/mol. The molecule has 0 aliphatic heterocycles. The van der Waals surface area contributed by atoms with E-state index in [4.69, 9.17) is 10.5 Å². The summed E-state index contributed by atoms with van der Waals surface area (Å²) in [6.07, 6.45) is 0.477. The van der Waals surface area contributed by atoms with Gasteiger partial charge in [0.2, 0.25) is 0 Å². The second-order valence-electron chi connectivity index (χ2n) is 4.99. The maximum absolute atomic E-state index is 12.0. The van der Waals surface area contributed by atoms with Gasteiger partial charge in [0, 0.05) is 0 Å². The fraction of sp³-hybridized carbons (Fsp3) is 0.235. The minimum absolute atomic E-state index is 0.400. The van der Waals surface area contributed by atoms with Crippen LogP contribution in [0.25, 0.3) is 0 Å². The average Bonchev–Trinajstić information content (AvgIpc) is 2.44. The molecule has 3 nitrogen and oxygen atoms in total. The Hall–Kier alpha value is -2.13. The Labute approximate surface area is 119 Å². The Morgan fingerprint density at radius 1 is 1.15 bits per heavy atom. The van der Waals surface area contributed by atoms with Gasteiger partial charge in [0.15, 0.2) is 0 Å². The normalized spacial score (nSPS) is 11.9. The molecular weight excluding hydrogens is 250 g/mol. The highest BCUT2D eigenvalue weighted by atomic mass is 16.5. The molecule has 1 atom stereocenters. The smallest absolute Gasteiger partial charge is 0.328 e. The molecule has 0 saturated heterocycles. The maximum atomic E-state index is 12.0. The lowest BCUT2D eigenvalue weighted by Crippen LogP contribution is -2.36. The summed E-state index contributed by atoms with van der Waals surface area (Å²) < 4.78 is 5.40. The van der Waals surface area contributed by atoms with Crippen molar-refractivity contribution in [2.45, 2.75) is 26.3 Å². The zero-order valence-corrected chi connectivity index (χ0v) is 11.8. The molecule has 0 aromatic heterocycles. The Bertz CT molecular complexity index is 593. The first kappa shape index (κ1) is 14.3. The predicted octanol–water partition coefficient (Wildman–Crippen LogP) is 2.78. The van der Waals surface area contributed by atoms with Crippen LogP contribution in [0.1, 0.15) is 16.7 Å². The molecule has 0 bridgehead atoms. The molecule has 0 spiro atoms. The number of hydrogen-bond donors (Lipinski definition) is 1. The minimum atomic E-state index is -0.655. The molecule has 20 heavy (non-hydrogen) atoms. The van der Waals surface area contributed by atoms with E-state index in [9.17, 15) is 4.79 Å². The predicted molar refractivity (Wildman–Crippen MR) is 79.7 cm³/mol. The van der Waals surface area contributed by atoms with Gasteiger partial charge < -0.3 is 10.5 Å². The van der Waals surface area contributed by atoms with Gasteiger partial charge in [-0.1, -0.05) is 42.5 Å². The number of hydrogen-bond acceptors (Lipinski definition) is 3. The summed E-state index contributed by atoms with van der Waals surface area (Å²) in [6, 6.07) is 14.8. The number of carbonyl (C=O) groups excluding carboxylic acids is 1. The van der Waals surface area contributed by atoms with E-state index in [1.807, 2.05) is 62.4 Å². The van der Waals surface area contributed by atoms with Crippen molar-refractivity contribution in [3.05, 3.63) is 65.2 Å². The van der Waals surface area contributed by atoms with Gasteiger partial charge in [-0.3, -0.25) is 0 Å². The van der Waals surface area contributed by atoms with Crippen LogP contribution in [0.3, 0.4) is 0 Å². The number of esters is 1. The van der Waals surface area contributed by atoms with Crippen molar-refractivity contribution in [3.8, 4) is 5.75 Å². The number of carbonyl (C=O) groups is 1. The van der Waals surface area contributed by atoms with Gasteiger partial charge in [0.1, 0.15) is 11.8 Å². The molecule has 104 valence electrons. The van der Waals surface area contributed by atoms with Crippen molar-refractivity contribution < 1.29 is 9.53 Å². The second-order valence-corrected chi connectivity index (χ2v) is 4.99. The molecule has 0 heterocycles. The fourth-order valence-electron chi connectivity index (χ4n) is 1.95. The summed E-state index contributed by atoms with van der Waals surface area (Å²) >= 11 is 0. The zero-order chi connectivity index (χ0) is 14.5. The van der Waals surface area contributed by atoms with E-state index in [0.717, 1.165) is 16.7 Å². The summed E-state index contributed by atoms with van der Waals surface area (Å²) in [5.41, 5.74) is 8.91. The molecule has 0 radical (unpaired) electrons. The van der Waals surface area contributed by atoms with Gasteiger partial charge in [0.25, 0.3) is 0 Å². The summed E-state index contributed by atoms with van der Waals surface area (Å²) in [5.74, 6) is 0.182. The van der Waals surface area contributed by atoms with Crippen LogP contribution in [0.2, 0.25) is 0 Å². The molecule has 0 fully saturated rings. The summed E-state index contributed by atoms with van der Waals surface area (Å²) in [5, 5.41) is 0. The highest BCUT2D eigenvalue weighted by Gasteiger charge is 2.17. The summed E-state index contributed by atoms with van der Waals surface area (Å²) in [4.78, 5) is 12.0. The Morgan fingerprint density at radius 3 is 2.55 bits per heavy atom. The number of aryl methyl sites for hydroxylation is 2. The van der Waals surface area contributed by atoms with E-state index in [2.05, 4.69) is 0 Å². The van der Waals surface area contributed by atoms with Crippen molar-refractivity contribution in [2.75, 3.05) is 0 Å². The van der Waals surface area contributed by atoms with Gasteiger partial charge in [-0.25, -0.2) is 4.79 Å². The third kappa shape index (κ3) is 3.68. The van der Waals surface area contributed by atoms with Gasteiger partial charge >= 0.3 is 5.97 Å². The van der Waals surface area contributed by atoms with E-state index in [0.29, 0.717) is 12.2 Å². The largest absolute Gasteiger partial charge is 0.425 e. The van der Waals surface area contributed by atoms with Crippen molar-refractivity contribution in [2.24, 2.45) is 5.73 Å². The fourth-order valence-corrected chi connectivity index (χ4v) is 1.95. The Kier molecular flexibility index (Phi) is 4.53. The van der Waals surface area contributed by atoms with E-state index in [-0.39, 0.29) is 0 Å². The third-order valence-electron chi connectivity index (χ3n) is 3.16. The molecule has 0 aliphatic rings. The van der Waals surface area contributed by atoms with Crippen LogP contribution in [0, 0.1) is 13.8 Å². The molecule has 2 N–H and O–H groups in total. The lowest BCUT2D eigenvalue weighted by molar-refractivity contribution is -0.135. The topological polar surface area (TPSA) is 52.3 Å². The van der Waals surface area contributed by atoms with Gasteiger partial charge in [-0.2, -0.15) is 0 Å². The molecule has 2 aromatic rings. The summed E-state index contributed by atoms with van der Waals surface area (Å²) in [6.45, 7) is 3.87. The highest BCUT2D eigenvalue weighted by Crippen LogP contribution is 2.19. The summed E-state index contributed by atoms with van der Waals surface area (Å²) in [7, 11) is 0. The third-order valence-corrected chi connectivity index (χ3v) is 3.16. The lowest BCUT2D eigenvalue weighted by Gasteiger charge is -2.13. The van der Waals surface area contributed by atoms with Gasteiger partial charge in [-0.15, -0.1) is 0 Å². The van der Waals surface area contributed by atoms with Crippen LogP contribution in [0.5, 0.6) is 5.75 Å². The van der Waals surface area contributed by atoms with Crippen molar-refractivity contribution >= 4 is 5.97 Å². The molecule has 0 saturated carbocycles. The maximum Gasteiger partial charge on any atom is 0.328 e. The van der Waals surface area contributed by atoms with Crippen LogP contribution in [0.15, 0.2) is 48.5 Å². The molecule has 0 aliphatic carbocycles. The molecule has 0 amide bonds. The van der Waals surface area contributed by atoms with E-state index in [1.54, 1.807) is 0 Å². The number of benzene rings is 2. The first-order valence-corrected chi connectivity index (χ1v) is 6.64. The quantitative estimate of drug-likeness (QED) is 0.686. The van der Waals surface area contributed by atoms with Crippen LogP contribution < -0.4 is 10.5 Å². The van der Waals surface area contributed by atoms with Crippen LogP contribution in [-0.2, 0) is 11.2 Å². The lowest BCUT2D eigenvalue weighted by atomic mass is 10.1. The highest BCUT2D eigenvalue weighted by molar-refractivity contribution is 5.78. The van der Waals surface area contributed by atoms with Crippen molar-refractivity contribution in [3.63, 3.8) is 0 Å². The standard InChI is InChI=1S/C17H19NO2/c1-12-8-9-13(2)16(10-12)20-17(19)15(18)11-14-6-4-3-5-7-14/h3-10,15H,11,18H2,1-2H3. The van der Waals surface area contributed by atoms with Crippen LogP contribution in [-0.4, -0.2) is 12.0 Å². The SMILES string of the molecule is Cc1ccc(C)c(OC(=O)C(N)Cc2ccccc2)c1. The Morgan fingerprint density at radius 2 is 1.85 bits per heavy atom. The minimum Gasteiger partial charge on any atom is -0.425 e. The zero-order valence-electron chi connectivity index (χ0n) is 11.8. The molecule has 2 aromatic carbocycles. The molecule has 2 rings (SSSR count). The molecule has 3 heteroatoms. The first-order valence-electron chi connectivity index (χ1n) is 6.64. The van der Waals surface area contributed by atoms with E-state index >= 15 is 0 Å². The number of rotatable bonds is 4. The molecular formula is C17H19NO2. The number of nitrogens with two attached hydrogens (primary N) is 1. The van der Waals surface area contributed by atoms with E-state index in [1.165, 1.54) is 0 Å². The van der Waals surface area contributed by atoms with Crippen molar-refractivity contribution in [1.82, 2.24) is 0 Å². The average molecular weight is 269 g/mol. The van der Waals surface area contributed by atoms with Crippen LogP contribution in [0.4, 0.5) is 0 Å². The van der Waals surface area contributed by atoms with Crippen LogP contribution >= 0.6 is 0 Å². The Balaban J connectivity index is 2.02. The molecule has 1 unspecified atom stereocenters. The second kappa shape index (κ2) is 6.35. The van der Waals surface area contributed by atoms with Crippen molar-refractivity contribution in [1.29, 1.82) is 0 Å². The van der Waals surface area contributed by atoms with E-state index < -0.39 is 12.0 Å². The first-order chi connectivity index (χ1) is 9.56.